The quantitative estimate of drug-likeness (QED) is 0.356. The van der Waals surface area contributed by atoms with Gasteiger partial charge in [0, 0.05) is 25.0 Å². The van der Waals surface area contributed by atoms with Crippen LogP contribution in [0.15, 0.2) is 24.5 Å². The second-order valence-corrected chi connectivity index (χ2v) is 8.52. The van der Waals surface area contributed by atoms with Crippen molar-refractivity contribution in [3.63, 3.8) is 0 Å². The van der Waals surface area contributed by atoms with Crippen LogP contribution in [-0.2, 0) is 6.54 Å². The van der Waals surface area contributed by atoms with Gasteiger partial charge in [-0.3, -0.25) is 0 Å². The van der Waals surface area contributed by atoms with E-state index in [0.29, 0.717) is 41.7 Å². The van der Waals surface area contributed by atoms with E-state index in [1.165, 1.54) is 0 Å². The number of nitrogen functional groups attached to an aromatic ring is 2. The largest absolute Gasteiger partial charge is 0.397 e. The van der Waals surface area contributed by atoms with Crippen LogP contribution >= 0.6 is 0 Å². The van der Waals surface area contributed by atoms with Gasteiger partial charge < -0.3 is 31.8 Å². The third kappa shape index (κ3) is 4.56. The molecule has 3 rings (SSSR count). The number of nitrogens with one attached hydrogen (secondary N) is 2. The van der Waals surface area contributed by atoms with Crippen LogP contribution in [0.1, 0.15) is 46.2 Å². The van der Waals surface area contributed by atoms with Gasteiger partial charge in [0.2, 0.25) is 5.95 Å². The molecule has 2 heterocycles. The van der Waals surface area contributed by atoms with Gasteiger partial charge in [-0.15, -0.1) is 0 Å². The number of hydrogen-bond donors (Lipinski definition) is 5. The number of nitrogens with zero attached hydrogens (tertiary/aromatic N) is 4. The highest BCUT2D eigenvalue weighted by molar-refractivity contribution is 5.84. The Morgan fingerprint density at radius 1 is 1.13 bits per heavy atom. The molecule has 1 atom stereocenters. The number of fused-ring (bicyclic) bond motifs is 1. The molecular formula is C21H32N8O. The van der Waals surface area contributed by atoms with Crippen LogP contribution in [0.4, 0.5) is 23.1 Å². The molecule has 0 spiro atoms. The minimum atomic E-state index is -0.803. The lowest BCUT2D eigenvalue weighted by atomic mass is 9.93. The lowest BCUT2D eigenvalue weighted by molar-refractivity contribution is 0.0303. The predicted molar refractivity (Wildman–Crippen MR) is 122 cm³/mol. The summed E-state index contributed by atoms with van der Waals surface area (Å²) >= 11 is 0. The first-order valence-corrected chi connectivity index (χ1v) is 10.2. The van der Waals surface area contributed by atoms with Crippen molar-refractivity contribution in [2.24, 2.45) is 5.92 Å². The van der Waals surface area contributed by atoms with Crippen molar-refractivity contribution in [1.82, 2.24) is 19.5 Å². The Balaban J connectivity index is 1.92. The molecule has 2 aromatic heterocycles. The summed E-state index contributed by atoms with van der Waals surface area (Å²) in [6.07, 6.45) is 1.77. The standard InChI is InChI=1S/C21H32N8O/c1-12(2)29-11-26-17-18(24-10-14-7-6-8-15(22)16(14)23)27-20(28-19(17)29)25-9-13(3)21(4,5)30/h6-8,11-13,30H,9-10,22-23H2,1-5H3,(H2,24,25,27,28). The van der Waals surface area contributed by atoms with Gasteiger partial charge >= 0.3 is 0 Å². The highest BCUT2D eigenvalue weighted by Crippen LogP contribution is 2.26. The first-order chi connectivity index (χ1) is 14.1. The zero-order valence-electron chi connectivity index (χ0n) is 18.3. The highest BCUT2D eigenvalue weighted by atomic mass is 16.3. The Labute approximate surface area is 176 Å². The topological polar surface area (TPSA) is 140 Å². The molecule has 9 heteroatoms. The van der Waals surface area contributed by atoms with Crippen molar-refractivity contribution in [1.29, 1.82) is 0 Å². The minimum Gasteiger partial charge on any atom is -0.397 e. The number of aliphatic hydroxyl groups is 1. The van der Waals surface area contributed by atoms with Gasteiger partial charge in [-0.2, -0.15) is 9.97 Å². The van der Waals surface area contributed by atoms with Gasteiger partial charge in [-0.25, -0.2) is 4.98 Å². The zero-order valence-corrected chi connectivity index (χ0v) is 18.3. The first-order valence-electron chi connectivity index (χ1n) is 10.2. The lowest BCUT2D eigenvalue weighted by Gasteiger charge is -2.26. The average Bonchev–Trinajstić information content (AvgIpc) is 3.10. The van der Waals surface area contributed by atoms with E-state index in [4.69, 9.17) is 11.5 Å². The van der Waals surface area contributed by atoms with Gasteiger partial charge in [0.05, 0.1) is 23.3 Å². The second kappa shape index (κ2) is 8.35. The summed E-state index contributed by atoms with van der Waals surface area (Å²) in [5.41, 5.74) is 14.6. The molecule has 0 bridgehead atoms. The molecule has 0 aliphatic heterocycles. The van der Waals surface area contributed by atoms with Crippen LogP contribution in [0.2, 0.25) is 0 Å². The lowest BCUT2D eigenvalue weighted by Crippen LogP contribution is -2.33. The van der Waals surface area contributed by atoms with Crippen LogP contribution < -0.4 is 22.1 Å². The number of hydrogen-bond acceptors (Lipinski definition) is 8. The van der Waals surface area contributed by atoms with Crippen LogP contribution in [0.5, 0.6) is 0 Å². The first kappa shape index (κ1) is 21.6. The smallest absolute Gasteiger partial charge is 0.226 e. The summed E-state index contributed by atoms with van der Waals surface area (Å²) in [6.45, 7) is 10.7. The van der Waals surface area contributed by atoms with E-state index in [-0.39, 0.29) is 12.0 Å². The molecule has 0 aliphatic carbocycles. The number of benzene rings is 1. The van der Waals surface area contributed by atoms with Gasteiger partial charge in [0.15, 0.2) is 17.0 Å². The third-order valence-electron chi connectivity index (χ3n) is 5.43. The molecule has 9 nitrogen and oxygen atoms in total. The van der Waals surface area contributed by atoms with E-state index in [1.807, 2.05) is 23.6 Å². The van der Waals surface area contributed by atoms with E-state index in [0.717, 1.165) is 11.2 Å². The SMILES string of the molecule is CC(C)n1cnc2c(NCc3cccc(N)c3N)nc(NCC(C)C(C)(C)O)nc21. The highest BCUT2D eigenvalue weighted by Gasteiger charge is 2.23. The number of rotatable bonds is 8. The van der Waals surface area contributed by atoms with Crippen LogP contribution in [0.3, 0.4) is 0 Å². The summed E-state index contributed by atoms with van der Waals surface area (Å²) in [5, 5.41) is 16.8. The second-order valence-electron chi connectivity index (χ2n) is 8.52. The molecule has 7 N–H and O–H groups in total. The van der Waals surface area contributed by atoms with E-state index >= 15 is 0 Å². The van der Waals surface area contributed by atoms with E-state index in [9.17, 15) is 5.11 Å². The van der Waals surface area contributed by atoms with Crippen molar-refractivity contribution >= 4 is 34.3 Å². The molecule has 30 heavy (non-hydrogen) atoms. The summed E-state index contributed by atoms with van der Waals surface area (Å²) in [6, 6.07) is 5.77. The number of imidazole rings is 1. The van der Waals surface area contributed by atoms with Gasteiger partial charge in [0.1, 0.15) is 0 Å². The molecular weight excluding hydrogens is 380 g/mol. The fourth-order valence-electron chi connectivity index (χ4n) is 2.96. The Bertz CT molecular complexity index is 1020. The Morgan fingerprint density at radius 2 is 1.87 bits per heavy atom. The summed E-state index contributed by atoms with van der Waals surface area (Å²) in [5.74, 6) is 1.10. The van der Waals surface area contributed by atoms with Gasteiger partial charge in [0.25, 0.3) is 0 Å². The molecule has 0 aliphatic rings. The molecule has 0 saturated carbocycles. The van der Waals surface area contributed by atoms with Crippen molar-refractivity contribution in [3.05, 3.63) is 30.1 Å². The Morgan fingerprint density at radius 3 is 2.53 bits per heavy atom. The summed E-state index contributed by atoms with van der Waals surface area (Å²) < 4.78 is 2.00. The van der Waals surface area contributed by atoms with Crippen molar-refractivity contribution in [2.75, 3.05) is 28.6 Å². The molecule has 0 amide bonds. The Hall–Kier alpha value is -3.07. The van der Waals surface area contributed by atoms with Crippen molar-refractivity contribution in [2.45, 2.75) is 52.8 Å². The Kier molecular flexibility index (Phi) is 6.02. The number of para-hydroxylation sites is 1. The summed E-state index contributed by atoms with van der Waals surface area (Å²) in [7, 11) is 0. The van der Waals surface area contributed by atoms with Crippen molar-refractivity contribution in [3.8, 4) is 0 Å². The van der Waals surface area contributed by atoms with E-state index in [1.54, 1.807) is 26.2 Å². The molecule has 1 unspecified atom stereocenters. The van der Waals surface area contributed by atoms with Crippen LogP contribution in [0.25, 0.3) is 11.2 Å². The molecule has 1 aromatic carbocycles. The third-order valence-corrected chi connectivity index (χ3v) is 5.43. The van der Waals surface area contributed by atoms with Gasteiger partial charge in [-0.05, 0) is 39.3 Å². The minimum absolute atomic E-state index is 0.00954. The fourth-order valence-corrected chi connectivity index (χ4v) is 2.96. The normalized spacial score (nSPS) is 13.0. The van der Waals surface area contributed by atoms with Crippen LogP contribution in [-0.4, -0.2) is 36.8 Å². The summed E-state index contributed by atoms with van der Waals surface area (Å²) in [4.78, 5) is 13.8. The molecule has 3 aromatic rings. The van der Waals surface area contributed by atoms with Crippen LogP contribution in [0, 0.1) is 5.92 Å². The number of nitrogens with two attached hydrogens (primary N) is 2. The predicted octanol–water partition coefficient (Wildman–Crippen LogP) is 3.00. The molecule has 0 fully saturated rings. The fraction of sp³-hybridized carbons (Fsp3) is 0.476. The number of aromatic nitrogens is 4. The molecule has 162 valence electrons. The average molecular weight is 413 g/mol. The number of anilines is 4. The van der Waals surface area contributed by atoms with Crippen molar-refractivity contribution < 1.29 is 5.11 Å². The maximum Gasteiger partial charge on any atom is 0.226 e. The van der Waals surface area contributed by atoms with E-state index in [2.05, 4.69) is 39.4 Å². The van der Waals surface area contributed by atoms with E-state index < -0.39 is 5.60 Å². The zero-order chi connectivity index (χ0) is 22.1. The van der Waals surface area contributed by atoms with Gasteiger partial charge in [-0.1, -0.05) is 19.1 Å². The molecule has 0 radical (unpaired) electrons. The maximum atomic E-state index is 10.2. The molecule has 0 saturated heterocycles. The maximum absolute atomic E-state index is 10.2. The monoisotopic (exact) mass is 412 g/mol.